The minimum Gasteiger partial charge on any atom is -0.325 e. The van der Waals surface area contributed by atoms with Gasteiger partial charge in [-0.2, -0.15) is 0 Å². The van der Waals surface area contributed by atoms with Gasteiger partial charge in [-0.1, -0.05) is 66.2 Å². The molecule has 6 nitrogen and oxygen atoms in total. The zero-order valence-corrected chi connectivity index (χ0v) is 19.4. The molecule has 0 aromatic heterocycles. The minimum atomic E-state index is -1.26. The maximum absolute atomic E-state index is 14.6. The van der Waals surface area contributed by atoms with E-state index in [1.807, 2.05) is 67.6 Å². The van der Waals surface area contributed by atoms with Crippen molar-refractivity contribution in [2.75, 3.05) is 17.2 Å². The van der Waals surface area contributed by atoms with Gasteiger partial charge in [0.2, 0.25) is 11.8 Å². The van der Waals surface area contributed by atoms with E-state index in [-0.39, 0.29) is 23.6 Å². The van der Waals surface area contributed by atoms with Gasteiger partial charge in [0.15, 0.2) is 5.78 Å². The van der Waals surface area contributed by atoms with Crippen molar-refractivity contribution < 1.29 is 14.4 Å². The molecule has 4 heterocycles. The van der Waals surface area contributed by atoms with Gasteiger partial charge in [-0.05, 0) is 44.0 Å². The SMILES string of the molecule is Cc1ccc2c(c1)[C@@]1(C(=O)N2)[C@@H](C(=O)c2ccccc2)[C@@]2(C(=O)Nc3ccccc32)[C@H]2CCCN21. The van der Waals surface area contributed by atoms with E-state index in [1.54, 1.807) is 12.1 Å². The first-order valence-corrected chi connectivity index (χ1v) is 12.2. The van der Waals surface area contributed by atoms with E-state index in [0.717, 1.165) is 40.9 Å². The van der Waals surface area contributed by atoms with Crippen molar-refractivity contribution in [3.05, 3.63) is 95.1 Å². The molecule has 2 saturated heterocycles. The summed E-state index contributed by atoms with van der Waals surface area (Å²) < 4.78 is 0. The van der Waals surface area contributed by atoms with E-state index in [4.69, 9.17) is 0 Å². The molecular weight excluding hydrogens is 438 g/mol. The number of aryl methyl sites for hydroxylation is 1. The number of amides is 2. The van der Waals surface area contributed by atoms with Crippen molar-refractivity contribution in [3.63, 3.8) is 0 Å². The Morgan fingerprint density at radius 2 is 1.60 bits per heavy atom. The van der Waals surface area contributed by atoms with Gasteiger partial charge >= 0.3 is 0 Å². The van der Waals surface area contributed by atoms with Crippen molar-refractivity contribution in [2.45, 2.75) is 36.8 Å². The molecule has 2 fully saturated rings. The van der Waals surface area contributed by atoms with Crippen LogP contribution in [0.2, 0.25) is 0 Å². The number of nitrogens with one attached hydrogen (secondary N) is 2. The van der Waals surface area contributed by atoms with Crippen LogP contribution in [0.15, 0.2) is 72.8 Å². The molecule has 2 amide bonds. The Kier molecular flexibility index (Phi) is 4.05. The number of hydrogen-bond acceptors (Lipinski definition) is 4. The molecule has 35 heavy (non-hydrogen) atoms. The third-order valence-corrected chi connectivity index (χ3v) is 8.60. The van der Waals surface area contributed by atoms with Crippen LogP contribution in [0.3, 0.4) is 0 Å². The van der Waals surface area contributed by atoms with Crippen LogP contribution in [0.4, 0.5) is 11.4 Å². The van der Waals surface area contributed by atoms with Crippen LogP contribution in [-0.2, 0) is 20.5 Å². The summed E-state index contributed by atoms with van der Waals surface area (Å²) in [5, 5.41) is 6.17. The summed E-state index contributed by atoms with van der Waals surface area (Å²) in [6.07, 6.45) is 1.61. The van der Waals surface area contributed by atoms with E-state index in [0.29, 0.717) is 12.1 Å². The molecule has 3 aromatic rings. The minimum absolute atomic E-state index is 0.170. The molecule has 2 spiro atoms. The molecule has 4 aliphatic rings. The van der Waals surface area contributed by atoms with Crippen LogP contribution >= 0.6 is 0 Å². The predicted molar refractivity (Wildman–Crippen MR) is 132 cm³/mol. The number of para-hydroxylation sites is 1. The number of anilines is 2. The maximum Gasteiger partial charge on any atom is 0.250 e. The van der Waals surface area contributed by atoms with Gasteiger partial charge in [-0.25, -0.2) is 0 Å². The summed E-state index contributed by atoms with van der Waals surface area (Å²) in [5.74, 6) is -1.48. The highest BCUT2D eigenvalue weighted by Crippen LogP contribution is 2.66. The number of carbonyl (C=O) groups excluding carboxylic acids is 3. The van der Waals surface area contributed by atoms with Gasteiger partial charge < -0.3 is 10.6 Å². The van der Waals surface area contributed by atoms with Crippen molar-refractivity contribution in [2.24, 2.45) is 5.92 Å². The Bertz CT molecular complexity index is 1430. The van der Waals surface area contributed by atoms with Crippen LogP contribution in [0.25, 0.3) is 0 Å². The fourth-order valence-corrected chi connectivity index (χ4v) is 7.43. The molecule has 2 N–H and O–H groups in total. The Morgan fingerprint density at radius 3 is 2.43 bits per heavy atom. The molecule has 174 valence electrons. The van der Waals surface area contributed by atoms with E-state index in [1.165, 1.54) is 0 Å². The topological polar surface area (TPSA) is 78.5 Å². The number of hydrogen-bond donors (Lipinski definition) is 2. The van der Waals surface area contributed by atoms with Gasteiger partial charge in [0.1, 0.15) is 11.0 Å². The Hall–Kier alpha value is -3.77. The summed E-state index contributed by atoms with van der Waals surface area (Å²) in [6, 6.07) is 22.4. The highest BCUT2D eigenvalue weighted by Gasteiger charge is 2.78. The summed E-state index contributed by atoms with van der Waals surface area (Å²) in [6.45, 7) is 2.65. The molecular formula is C29H25N3O3. The molecule has 4 aliphatic heterocycles. The lowest BCUT2D eigenvalue weighted by Gasteiger charge is -2.38. The Morgan fingerprint density at radius 1 is 0.886 bits per heavy atom. The lowest BCUT2D eigenvalue weighted by atomic mass is 9.60. The first-order chi connectivity index (χ1) is 17.0. The number of benzene rings is 3. The number of carbonyl (C=O) groups is 3. The largest absolute Gasteiger partial charge is 0.325 e. The van der Waals surface area contributed by atoms with Gasteiger partial charge in [0.25, 0.3) is 0 Å². The van der Waals surface area contributed by atoms with Crippen LogP contribution < -0.4 is 10.6 Å². The third kappa shape index (κ3) is 2.31. The molecule has 3 aromatic carbocycles. The van der Waals surface area contributed by atoms with Gasteiger partial charge in [-0.3, -0.25) is 19.3 Å². The second kappa shape index (κ2) is 6.89. The highest BCUT2D eigenvalue weighted by molar-refractivity contribution is 6.18. The van der Waals surface area contributed by atoms with Crippen molar-refractivity contribution in [3.8, 4) is 0 Å². The van der Waals surface area contributed by atoms with E-state index in [9.17, 15) is 14.4 Å². The van der Waals surface area contributed by atoms with Gasteiger partial charge in [0.05, 0.1) is 5.92 Å². The predicted octanol–water partition coefficient (Wildman–Crippen LogP) is 4.01. The zero-order valence-electron chi connectivity index (χ0n) is 19.4. The normalized spacial score (nSPS) is 30.3. The number of Topliss-reactive ketones (excluding diaryl/α,β-unsaturated/α-hetero) is 1. The van der Waals surface area contributed by atoms with E-state index < -0.39 is 16.9 Å². The van der Waals surface area contributed by atoms with Crippen LogP contribution in [-0.4, -0.2) is 35.1 Å². The summed E-state index contributed by atoms with van der Waals surface area (Å²) in [4.78, 5) is 45.1. The van der Waals surface area contributed by atoms with Crippen LogP contribution in [0, 0.1) is 12.8 Å². The molecule has 0 saturated carbocycles. The lowest BCUT2D eigenvalue weighted by molar-refractivity contribution is -0.128. The standard InChI is InChI=1S/C29H25N3O3/c1-17-13-14-22-20(16-17)29(27(35)31-22)25(24(33)18-8-3-2-4-9-18)28(23-12-7-15-32(23)29)19-10-5-6-11-21(19)30-26(28)34/h2-6,8-11,13-14,16,23,25H,7,12,15H2,1H3,(H,30,34)(H,31,35)/t23-,25+,28+,29+/m1/s1. The average molecular weight is 464 g/mol. The second-order valence-corrected chi connectivity index (χ2v) is 10.2. The zero-order chi connectivity index (χ0) is 23.9. The van der Waals surface area contributed by atoms with Gasteiger partial charge in [-0.15, -0.1) is 0 Å². The number of rotatable bonds is 2. The smallest absolute Gasteiger partial charge is 0.250 e. The maximum atomic E-state index is 14.6. The van der Waals surface area contributed by atoms with Crippen molar-refractivity contribution in [1.29, 1.82) is 0 Å². The fourth-order valence-electron chi connectivity index (χ4n) is 7.43. The molecule has 7 rings (SSSR count). The summed E-state index contributed by atoms with van der Waals surface area (Å²) in [5.41, 5.74) is 2.19. The van der Waals surface area contributed by atoms with Crippen LogP contribution in [0.5, 0.6) is 0 Å². The van der Waals surface area contributed by atoms with Gasteiger partial charge in [0, 0.05) is 28.5 Å². The van der Waals surface area contributed by atoms with E-state index >= 15 is 0 Å². The van der Waals surface area contributed by atoms with Crippen LogP contribution in [0.1, 0.15) is 39.9 Å². The summed E-state index contributed by atoms with van der Waals surface area (Å²) >= 11 is 0. The summed E-state index contributed by atoms with van der Waals surface area (Å²) in [7, 11) is 0. The number of nitrogens with zero attached hydrogens (tertiary/aromatic N) is 1. The first kappa shape index (κ1) is 20.6. The van der Waals surface area contributed by atoms with Crippen molar-refractivity contribution >= 4 is 29.0 Å². The number of fused-ring (bicyclic) bond motifs is 7. The average Bonchev–Trinajstić information content (AvgIpc) is 3.59. The molecule has 0 radical (unpaired) electrons. The monoisotopic (exact) mass is 463 g/mol. The highest BCUT2D eigenvalue weighted by atomic mass is 16.2. The van der Waals surface area contributed by atoms with E-state index in [2.05, 4.69) is 15.5 Å². The Labute approximate surface area is 203 Å². The lowest BCUT2D eigenvalue weighted by Crippen LogP contribution is -2.55. The third-order valence-electron chi connectivity index (χ3n) is 8.60. The second-order valence-electron chi connectivity index (χ2n) is 10.2. The van der Waals surface area contributed by atoms with Crippen molar-refractivity contribution in [1.82, 2.24) is 4.90 Å². The molecule has 0 unspecified atom stereocenters. The number of ketones is 1. The molecule has 0 aliphatic carbocycles. The molecule has 6 heteroatoms. The molecule has 0 bridgehead atoms. The first-order valence-electron chi connectivity index (χ1n) is 12.2. The quantitative estimate of drug-likeness (QED) is 0.563. The molecule has 4 atom stereocenters. The Balaban J connectivity index is 1.60. The fraction of sp³-hybridized carbons (Fsp3) is 0.276.